The summed E-state index contributed by atoms with van der Waals surface area (Å²) in [5, 5.41) is 3.03. The fourth-order valence-corrected chi connectivity index (χ4v) is 3.32. The van der Waals surface area contributed by atoms with Crippen molar-refractivity contribution in [3.05, 3.63) is 54.1 Å². The number of nitrogens with zero attached hydrogens (tertiary/aromatic N) is 3. The van der Waals surface area contributed by atoms with Crippen molar-refractivity contribution in [2.24, 2.45) is 7.05 Å². The van der Waals surface area contributed by atoms with Gasteiger partial charge in [-0.15, -0.1) is 0 Å². The molecule has 0 saturated carbocycles. The standard InChI is InChI=1S/C19H26N4O2/c1-22-10-11-25-17(19(22)15-6-4-3-5-7-15)13-21-18(24)9-8-16-12-20-14-23(16)2/h3-7,12,14,17,19H,8-11,13H2,1-2H3,(H,21,24)/t17-,19-/m0/s1. The van der Waals surface area contributed by atoms with Gasteiger partial charge in [0, 0.05) is 38.4 Å². The highest BCUT2D eigenvalue weighted by Crippen LogP contribution is 2.27. The third kappa shape index (κ3) is 4.46. The molecule has 0 aliphatic carbocycles. The Hall–Kier alpha value is -2.18. The Morgan fingerprint density at radius 3 is 2.84 bits per heavy atom. The predicted octanol–water partition coefficient (Wildman–Crippen LogP) is 1.54. The molecule has 1 N–H and O–H groups in total. The Morgan fingerprint density at radius 2 is 2.12 bits per heavy atom. The van der Waals surface area contributed by atoms with Gasteiger partial charge in [0.05, 0.1) is 25.1 Å². The van der Waals surface area contributed by atoms with Crippen LogP contribution in [0.5, 0.6) is 0 Å². The van der Waals surface area contributed by atoms with Crippen LogP contribution in [0.2, 0.25) is 0 Å². The van der Waals surface area contributed by atoms with E-state index in [2.05, 4.69) is 34.4 Å². The fraction of sp³-hybridized carbons (Fsp3) is 0.474. The van der Waals surface area contributed by atoms with Crippen molar-refractivity contribution in [1.29, 1.82) is 0 Å². The van der Waals surface area contributed by atoms with Crippen molar-refractivity contribution in [2.75, 3.05) is 26.7 Å². The first-order chi connectivity index (χ1) is 12.1. The minimum atomic E-state index is -0.0400. The molecule has 3 rings (SSSR count). The van der Waals surface area contributed by atoms with Gasteiger partial charge < -0.3 is 14.6 Å². The normalized spacial score (nSPS) is 21.2. The quantitative estimate of drug-likeness (QED) is 0.865. The predicted molar refractivity (Wildman–Crippen MR) is 96.1 cm³/mol. The van der Waals surface area contributed by atoms with E-state index < -0.39 is 0 Å². The number of nitrogens with one attached hydrogen (secondary N) is 1. The molecule has 25 heavy (non-hydrogen) atoms. The Balaban J connectivity index is 1.55. The number of carbonyl (C=O) groups excluding carboxylic acids is 1. The minimum absolute atomic E-state index is 0.0400. The number of aromatic nitrogens is 2. The third-order valence-electron chi connectivity index (χ3n) is 4.77. The van der Waals surface area contributed by atoms with Crippen LogP contribution in [0.25, 0.3) is 0 Å². The van der Waals surface area contributed by atoms with Gasteiger partial charge in [0.1, 0.15) is 0 Å². The highest BCUT2D eigenvalue weighted by atomic mass is 16.5. The van der Waals surface area contributed by atoms with Crippen LogP contribution in [0.1, 0.15) is 23.7 Å². The van der Waals surface area contributed by atoms with Crippen molar-refractivity contribution in [3.8, 4) is 0 Å². The van der Waals surface area contributed by atoms with Crippen LogP contribution in [0.15, 0.2) is 42.9 Å². The summed E-state index contributed by atoms with van der Waals surface area (Å²) in [6, 6.07) is 10.5. The lowest BCUT2D eigenvalue weighted by molar-refractivity contribution is -0.123. The summed E-state index contributed by atoms with van der Waals surface area (Å²) < 4.78 is 7.91. The molecule has 1 aromatic heterocycles. The van der Waals surface area contributed by atoms with Crippen molar-refractivity contribution in [3.63, 3.8) is 0 Å². The monoisotopic (exact) mass is 342 g/mol. The Labute approximate surface area is 148 Å². The molecule has 1 aliphatic heterocycles. The van der Waals surface area contributed by atoms with Gasteiger partial charge in [-0.1, -0.05) is 30.3 Å². The van der Waals surface area contributed by atoms with Crippen molar-refractivity contribution >= 4 is 5.91 Å². The second-order valence-corrected chi connectivity index (χ2v) is 6.55. The van der Waals surface area contributed by atoms with Crippen LogP contribution in [0, 0.1) is 0 Å². The first-order valence-electron chi connectivity index (χ1n) is 8.74. The average Bonchev–Trinajstić information content (AvgIpc) is 3.04. The number of benzene rings is 1. The van der Waals surface area contributed by atoms with Gasteiger partial charge in [-0.3, -0.25) is 9.69 Å². The molecule has 2 heterocycles. The van der Waals surface area contributed by atoms with E-state index in [1.165, 1.54) is 5.56 Å². The molecule has 1 fully saturated rings. The van der Waals surface area contributed by atoms with Crippen molar-refractivity contribution in [1.82, 2.24) is 19.8 Å². The molecule has 2 aromatic rings. The summed E-state index contributed by atoms with van der Waals surface area (Å²) in [5.41, 5.74) is 2.28. The van der Waals surface area contributed by atoms with Gasteiger partial charge in [0.15, 0.2) is 0 Å². The van der Waals surface area contributed by atoms with Crippen LogP contribution in [-0.2, 0) is 23.0 Å². The summed E-state index contributed by atoms with van der Waals surface area (Å²) in [4.78, 5) is 18.6. The molecule has 134 valence electrons. The number of rotatable bonds is 6. The van der Waals surface area contributed by atoms with Crippen LogP contribution in [0.3, 0.4) is 0 Å². The van der Waals surface area contributed by atoms with E-state index in [1.807, 2.05) is 29.8 Å². The van der Waals surface area contributed by atoms with E-state index in [4.69, 9.17) is 4.74 Å². The van der Waals surface area contributed by atoms with Gasteiger partial charge in [-0.05, 0) is 19.0 Å². The van der Waals surface area contributed by atoms with Crippen LogP contribution in [-0.4, -0.2) is 53.2 Å². The highest BCUT2D eigenvalue weighted by molar-refractivity contribution is 5.76. The van der Waals surface area contributed by atoms with Crippen molar-refractivity contribution < 1.29 is 9.53 Å². The SMILES string of the molecule is CN1CCO[C@@H](CNC(=O)CCc2cncn2C)[C@@H]1c1ccccc1. The van der Waals surface area contributed by atoms with E-state index in [0.29, 0.717) is 26.0 Å². The zero-order chi connectivity index (χ0) is 17.6. The van der Waals surface area contributed by atoms with E-state index in [1.54, 1.807) is 12.5 Å². The smallest absolute Gasteiger partial charge is 0.220 e. The van der Waals surface area contributed by atoms with E-state index in [0.717, 1.165) is 12.2 Å². The van der Waals surface area contributed by atoms with Gasteiger partial charge in [0.25, 0.3) is 0 Å². The average molecular weight is 342 g/mol. The van der Waals surface area contributed by atoms with Crippen LogP contribution in [0.4, 0.5) is 0 Å². The summed E-state index contributed by atoms with van der Waals surface area (Å²) in [6.07, 6.45) is 4.66. The number of imidazole rings is 1. The maximum Gasteiger partial charge on any atom is 0.220 e. The molecule has 6 nitrogen and oxygen atoms in total. The van der Waals surface area contributed by atoms with Gasteiger partial charge in [0.2, 0.25) is 5.91 Å². The number of hydrogen-bond acceptors (Lipinski definition) is 4. The summed E-state index contributed by atoms with van der Waals surface area (Å²) in [6.45, 7) is 2.11. The number of carbonyl (C=O) groups is 1. The van der Waals surface area contributed by atoms with E-state index in [9.17, 15) is 4.79 Å². The zero-order valence-electron chi connectivity index (χ0n) is 14.9. The zero-order valence-corrected chi connectivity index (χ0v) is 14.9. The molecular weight excluding hydrogens is 316 g/mol. The van der Waals surface area contributed by atoms with Gasteiger partial charge >= 0.3 is 0 Å². The maximum atomic E-state index is 12.2. The van der Waals surface area contributed by atoms with E-state index in [-0.39, 0.29) is 18.1 Å². The lowest BCUT2D eigenvalue weighted by atomic mass is 9.98. The summed E-state index contributed by atoms with van der Waals surface area (Å²) >= 11 is 0. The fourth-order valence-electron chi connectivity index (χ4n) is 3.32. The minimum Gasteiger partial charge on any atom is -0.373 e. The first-order valence-corrected chi connectivity index (χ1v) is 8.74. The topological polar surface area (TPSA) is 59.4 Å². The second kappa shape index (κ2) is 8.27. The molecule has 0 unspecified atom stereocenters. The summed E-state index contributed by atoms with van der Waals surface area (Å²) in [5.74, 6) is 0.0461. The lowest BCUT2D eigenvalue weighted by Crippen LogP contribution is -2.48. The molecule has 0 spiro atoms. The Bertz CT molecular complexity index is 686. The van der Waals surface area contributed by atoms with Crippen LogP contribution < -0.4 is 5.32 Å². The summed E-state index contributed by atoms with van der Waals surface area (Å²) in [7, 11) is 4.05. The first kappa shape index (κ1) is 17.6. The molecule has 0 bridgehead atoms. The molecule has 2 atom stereocenters. The van der Waals surface area contributed by atoms with E-state index >= 15 is 0 Å². The highest BCUT2D eigenvalue weighted by Gasteiger charge is 2.31. The van der Waals surface area contributed by atoms with Crippen LogP contribution >= 0.6 is 0 Å². The van der Waals surface area contributed by atoms with Gasteiger partial charge in [-0.25, -0.2) is 4.98 Å². The Kier molecular flexibility index (Phi) is 5.83. The number of amides is 1. The largest absolute Gasteiger partial charge is 0.373 e. The number of morpholine rings is 1. The molecule has 0 radical (unpaired) electrons. The maximum absolute atomic E-state index is 12.2. The molecule has 1 aromatic carbocycles. The molecular formula is C19H26N4O2. The molecule has 6 heteroatoms. The van der Waals surface area contributed by atoms with Crippen molar-refractivity contribution in [2.45, 2.75) is 25.0 Å². The Morgan fingerprint density at radius 1 is 1.32 bits per heavy atom. The van der Waals surface area contributed by atoms with Gasteiger partial charge in [-0.2, -0.15) is 0 Å². The number of hydrogen-bond donors (Lipinski definition) is 1. The molecule has 1 aliphatic rings. The molecule has 1 amide bonds. The molecule has 1 saturated heterocycles. The number of likely N-dealkylation sites (N-methyl/N-ethyl adjacent to an activating group) is 1. The third-order valence-corrected chi connectivity index (χ3v) is 4.77. The number of ether oxygens (including phenoxy) is 1. The number of aryl methyl sites for hydroxylation is 2. The lowest BCUT2D eigenvalue weighted by Gasteiger charge is -2.39. The second-order valence-electron chi connectivity index (χ2n) is 6.55.